The Balaban J connectivity index is 1.83. The van der Waals surface area contributed by atoms with Crippen LogP contribution in [-0.2, 0) is 9.53 Å². The Morgan fingerprint density at radius 1 is 1.28 bits per heavy atom. The highest BCUT2D eigenvalue weighted by molar-refractivity contribution is 5.81. The lowest BCUT2D eigenvalue weighted by Crippen LogP contribution is -2.44. The van der Waals surface area contributed by atoms with Crippen molar-refractivity contribution in [1.82, 2.24) is 10.2 Å². The molecule has 2 unspecified atom stereocenters. The molecule has 1 aromatic rings. The maximum atomic E-state index is 12.1. The summed E-state index contributed by atoms with van der Waals surface area (Å²) < 4.78 is 5.51. The molecular formula is C14H18N2O2. The smallest absolute Gasteiger partial charge is 0.238 e. The van der Waals surface area contributed by atoms with Crippen LogP contribution in [-0.4, -0.2) is 36.6 Å². The summed E-state index contributed by atoms with van der Waals surface area (Å²) in [5, 5.41) is 3.29. The van der Waals surface area contributed by atoms with Gasteiger partial charge in [0.25, 0.3) is 0 Å². The zero-order valence-electron chi connectivity index (χ0n) is 10.3. The van der Waals surface area contributed by atoms with Crippen molar-refractivity contribution in [2.45, 2.75) is 25.0 Å². The number of nitrogens with zero attached hydrogens (tertiary/aromatic N) is 1. The molecule has 4 nitrogen and oxygen atoms in total. The van der Waals surface area contributed by atoms with E-state index in [1.807, 2.05) is 23.1 Å². The lowest BCUT2D eigenvalue weighted by Gasteiger charge is -2.35. The summed E-state index contributed by atoms with van der Waals surface area (Å²) in [6, 6.07) is 10.4. The molecular weight excluding hydrogens is 228 g/mol. The van der Waals surface area contributed by atoms with Crippen molar-refractivity contribution < 1.29 is 9.53 Å². The SMILES string of the molecule is O=C1CNC(c2ccccc2)N1C1CCCOC1. The van der Waals surface area contributed by atoms with Gasteiger partial charge >= 0.3 is 0 Å². The zero-order chi connectivity index (χ0) is 12.4. The van der Waals surface area contributed by atoms with E-state index in [1.54, 1.807) is 0 Å². The van der Waals surface area contributed by atoms with E-state index in [-0.39, 0.29) is 18.1 Å². The summed E-state index contributed by atoms with van der Waals surface area (Å²) in [6.45, 7) is 1.91. The first kappa shape index (κ1) is 11.7. The summed E-state index contributed by atoms with van der Waals surface area (Å²) in [7, 11) is 0. The Hall–Kier alpha value is -1.39. The van der Waals surface area contributed by atoms with Gasteiger partial charge < -0.3 is 9.64 Å². The van der Waals surface area contributed by atoms with Crippen LogP contribution >= 0.6 is 0 Å². The van der Waals surface area contributed by atoms with Crippen molar-refractivity contribution in [3.8, 4) is 0 Å². The largest absolute Gasteiger partial charge is 0.379 e. The number of carbonyl (C=O) groups is 1. The number of nitrogens with one attached hydrogen (secondary N) is 1. The molecule has 1 N–H and O–H groups in total. The predicted octanol–water partition coefficient (Wildman–Crippen LogP) is 1.30. The van der Waals surface area contributed by atoms with Gasteiger partial charge in [-0.15, -0.1) is 0 Å². The summed E-state index contributed by atoms with van der Waals surface area (Å²) in [6.07, 6.45) is 2.08. The van der Waals surface area contributed by atoms with Gasteiger partial charge in [0.1, 0.15) is 6.17 Å². The van der Waals surface area contributed by atoms with Gasteiger partial charge in [-0.1, -0.05) is 30.3 Å². The Morgan fingerprint density at radius 3 is 2.83 bits per heavy atom. The van der Waals surface area contributed by atoms with Crippen molar-refractivity contribution in [3.05, 3.63) is 35.9 Å². The molecule has 1 amide bonds. The van der Waals surface area contributed by atoms with Gasteiger partial charge in [-0.3, -0.25) is 10.1 Å². The summed E-state index contributed by atoms with van der Waals surface area (Å²) >= 11 is 0. The van der Waals surface area contributed by atoms with E-state index in [1.165, 1.54) is 0 Å². The summed E-state index contributed by atoms with van der Waals surface area (Å²) in [5.74, 6) is 0.180. The van der Waals surface area contributed by atoms with Gasteiger partial charge in [0, 0.05) is 6.61 Å². The highest BCUT2D eigenvalue weighted by Gasteiger charge is 2.37. The second kappa shape index (κ2) is 5.08. The normalized spacial score (nSPS) is 28.7. The Bertz CT molecular complexity index is 415. The van der Waals surface area contributed by atoms with Gasteiger partial charge in [0.15, 0.2) is 0 Å². The fraction of sp³-hybridized carbons (Fsp3) is 0.500. The minimum atomic E-state index is 0.00500. The van der Waals surface area contributed by atoms with Gasteiger partial charge in [0.2, 0.25) is 5.91 Å². The molecule has 2 aliphatic rings. The molecule has 2 atom stereocenters. The molecule has 4 heteroatoms. The third-order valence-corrected chi connectivity index (χ3v) is 3.66. The second-order valence-electron chi connectivity index (χ2n) is 4.87. The maximum Gasteiger partial charge on any atom is 0.238 e. The Morgan fingerprint density at radius 2 is 2.11 bits per heavy atom. The van der Waals surface area contributed by atoms with Gasteiger partial charge in [-0.2, -0.15) is 0 Å². The third-order valence-electron chi connectivity index (χ3n) is 3.66. The van der Waals surface area contributed by atoms with Crippen molar-refractivity contribution in [2.24, 2.45) is 0 Å². The standard InChI is InChI=1S/C14H18N2O2/c17-13-9-15-14(11-5-2-1-3-6-11)16(13)12-7-4-8-18-10-12/h1-3,5-6,12,14-15H,4,7-10H2. The highest BCUT2D eigenvalue weighted by Crippen LogP contribution is 2.27. The number of amides is 1. The van der Waals surface area contributed by atoms with Gasteiger partial charge in [0.05, 0.1) is 19.2 Å². The van der Waals surface area contributed by atoms with E-state index < -0.39 is 0 Å². The molecule has 0 saturated carbocycles. The lowest BCUT2D eigenvalue weighted by atomic mass is 10.1. The number of ether oxygens (including phenoxy) is 1. The van der Waals surface area contributed by atoms with Crippen LogP contribution in [0.5, 0.6) is 0 Å². The monoisotopic (exact) mass is 246 g/mol. The molecule has 0 radical (unpaired) electrons. The van der Waals surface area contributed by atoms with E-state index in [2.05, 4.69) is 17.4 Å². The first-order valence-corrected chi connectivity index (χ1v) is 6.53. The minimum absolute atomic E-state index is 0.00500. The number of benzene rings is 1. The average molecular weight is 246 g/mol. The van der Waals surface area contributed by atoms with E-state index in [4.69, 9.17) is 4.74 Å². The molecule has 2 heterocycles. The molecule has 0 aliphatic carbocycles. The Labute approximate surface area is 107 Å². The van der Waals surface area contributed by atoms with Crippen molar-refractivity contribution >= 4 is 5.91 Å². The second-order valence-corrected chi connectivity index (χ2v) is 4.87. The Kier molecular flexibility index (Phi) is 3.30. The molecule has 2 fully saturated rings. The van der Waals surface area contributed by atoms with E-state index in [0.29, 0.717) is 13.2 Å². The fourth-order valence-corrected chi connectivity index (χ4v) is 2.79. The van der Waals surface area contributed by atoms with Crippen LogP contribution in [0.3, 0.4) is 0 Å². The van der Waals surface area contributed by atoms with E-state index >= 15 is 0 Å². The predicted molar refractivity (Wildman–Crippen MR) is 67.9 cm³/mol. The molecule has 3 rings (SSSR count). The maximum absolute atomic E-state index is 12.1. The van der Waals surface area contributed by atoms with E-state index in [0.717, 1.165) is 25.0 Å². The molecule has 2 saturated heterocycles. The van der Waals surface area contributed by atoms with Crippen LogP contribution in [0.4, 0.5) is 0 Å². The number of carbonyl (C=O) groups excluding carboxylic acids is 1. The first-order chi connectivity index (χ1) is 8.86. The van der Waals surface area contributed by atoms with Gasteiger partial charge in [-0.05, 0) is 18.4 Å². The minimum Gasteiger partial charge on any atom is -0.379 e. The molecule has 2 aliphatic heterocycles. The van der Waals surface area contributed by atoms with Crippen LogP contribution in [0.1, 0.15) is 24.6 Å². The van der Waals surface area contributed by atoms with Gasteiger partial charge in [-0.25, -0.2) is 0 Å². The molecule has 18 heavy (non-hydrogen) atoms. The number of hydrogen-bond acceptors (Lipinski definition) is 3. The van der Waals surface area contributed by atoms with Crippen molar-refractivity contribution in [1.29, 1.82) is 0 Å². The van der Waals surface area contributed by atoms with E-state index in [9.17, 15) is 4.79 Å². The fourth-order valence-electron chi connectivity index (χ4n) is 2.79. The topological polar surface area (TPSA) is 41.6 Å². The van der Waals surface area contributed by atoms with Crippen LogP contribution in [0.15, 0.2) is 30.3 Å². The van der Waals surface area contributed by atoms with Crippen molar-refractivity contribution in [2.75, 3.05) is 19.8 Å². The van der Waals surface area contributed by atoms with Crippen molar-refractivity contribution in [3.63, 3.8) is 0 Å². The van der Waals surface area contributed by atoms with Crippen LogP contribution in [0.25, 0.3) is 0 Å². The molecule has 0 bridgehead atoms. The van der Waals surface area contributed by atoms with Crippen LogP contribution < -0.4 is 5.32 Å². The number of hydrogen-bond donors (Lipinski definition) is 1. The third kappa shape index (κ3) is 2.13. The summed E-state index contributed by atoms with van der Waals surface area (Å²) in [5.41, 5.74) is 1.15. The first-order valence-electron chi connectivity index (χ1n) is 6.53. The molecule has 0 spiro atoms. The lowest BCUT2D eigenvalue weighted by molar-refractivity contribution is -0.133. The molecule has 96 valence electrons. The quantitative estimate of drug-likeness (QED) is 0.855. The average Bonchev–Trinajstić information content (AvgIpc) is 2.83. The molecule has 1 aromatic carbocycles. The highest BCUT2D eigenvalue weighted by atomic mass is 16.5. The van der Waals surface area contributed by atoms with Crippen LogP contribution in [0.2, 0.25) is 0 Å². The number of rotatable bonds is 2. The summed E-state index contributed by atoms with van der Waals surface area (Å²) in [4.78, 5) is 14.0. The molecule has 0 aromatic heterocycles. The zero-order valence-corrected chi connectivity index (χ0v) is 10.3. The van der Waals surface area contributed by atoms with Crippen LogP contribution in [0, 0.1) is 0 Å².